The lowest BCUT2D eigenvalue weighted by atomic mass is 10.1. The minimum Gasteiger partial charge on any atom is -0.321 e. The van der Waals surface area contributed by atoms with Crippen LogP contribution in [0.1, 0.15) is 10.4 Å². The van der Waals surface area contributed by atoms with Crippen molar-refractivity contribution in [2.24, 2.45) is 0 Å². The highest BCUT2D eigenvalue weighted by atomic mass is 35.5. The highest BCUT2D eigenvalue weighted by Crippen LogP contribution is 2.24. The van der Waals surface area contributed by atoms with Crippen LogP contribution in [0.25, 0.3) is 10.4 Å². The Balaban J connectivity index is 1.74. The smallest absolute Gasteiger partial charge is 0.255 e. The first-order valence-corrected chi connectivity index (χ1v) is 7.55. The molecule has 21 heavy (non-hydrogen) atoms. The Labute approximate surface area is 131 Å². The van der Waals surface area contributed by atoms with Crippen molar-refractivity contribution in [1.29, 1.82) is 0 Å². The molecule has 0 bridgehead atoms. The number of nitrogens with one attached hydrogen (secondary N) is 1. The highest BCUT2D eigenvalue weighted by molar-refractivity contribution is 7.13. The Kier molecular flexibility index (Phi) is 3.99. The highest BCUT2D eigenvalue weighted by Gasteiger charge is 2.07. The quantitative estimate of drug-likeness (QED) is 0.711. The Bertz CT molecular complexity index is 737. The molecular formula is C16H11ClN2OS. The van der Waals surface area contributed by atoms with Crippen LogP contribution in [0.4, 0.5) is 5.69 Å². The number of anilines is 1. The van der Waals surface area contributed by atoms with Crippen molar-refractivity contribution in [3.8, 4) is 10.4 Å². The van der Waals surface area contributed by atoms with Crippen LogP contribution in [-0.2, 0) is 0 Å². The monoisotopic (exact) mass is 314 g/mol. The fourth-order valence-electron chi connectivity index (χ4n) is 1.88. The summed E-state index contributed by atoms with van der Waals surface area (Å²) >= 11 is 7.38. The molecule has 0 saturated heterocycles. The molecule has 2 aromatic heterocycles. The normalized spacial score (nSPS) is 10.3. The fourth-order valence-corrected chi connectivity index (χ4v) is 2.73. The first-order chi connectivity index (χ1) is 10.2. The summed E-state index contributed by atoms with van der Waals surface area (Å²) in [5, 5.41) is 5.21. The molecule has 1 N–H and O–H groups in total. The van der Waals surface area contributed by atoms with Crippen molar-refractivity contribution < 1.29 is 4.79 Å². The molecule has 1 amide bonds. The third-order valence-electron chi connectivity index (χ3n) is 2.94. The standard InChI is InChI=1S/C16H11ClN2OS/c17-15-8-7-13(10-18-15)19-16(20)12-5-3-11(4-6-12)14-2-1-9-21-14/h1-10H,(H,19,20). The van der Waals surface area contributed by atoms with Gasteiger partial charge in [-0.15, -0.1) is 11.3 Å². The molecule has 0 unspecified atom stereocenters. The number of rotatable bonds is 3. The van der Waals surface area contributed by atoms with Gasteiger partial charge in [0.2, 0.25) is 0 Å². The van der Waals surface area contributed by atoms with Crippen LogP contribution in [0.15, 0.2) is 60.1 Å². The largest absolute Gasteiger partial charge is 0.321 e. The van der Waals surface area contributed by atoms with Gasteiger partial charge in [0.15, 0.2) is 0 Å². The zero-order valence-corrected chi connectivity index (χ0v) is 12.5. The number of halogens is 1. The van der Waals surface area contributed by atoms with E-state index in [1.165, 1.54) is 11.1 Å². The summed E-state index contributed by atoms with van der Waals surface area (Å²) in [5.74, 6) is -0.170. The maximum atomic E-state index is 12.1. The molecule has 3 aromatic rings. The summed E-state index contributed by atoms with van der Waals surface area (Å²) in [6.45, 7) is 0. The SMILES string of the molecule is O=C(Nc1ccc(Cl)nc1)c1ccc(-c2cccs2)cc1. The molecule has 0 aliphatic heterocycles. The topological polar surface area (TPSA) is 42.0 Å². The van der Waals surface area contributed by atoms with Gasteiger partial charge in [-0.2, -0.15) is 0 Å². The van der Waals surface area contributed by atoms with Gasteiger partial charge in [-0.3, -0.25) is 4.79 Å². The van der Waals surface area contributed by atoms with Crippen LogP contribution >= 0.6 is 22.9 Å². The number of hydrogen-bond donors (Lipinski definition) is 1. The molecular weight excluding hydrogens is 304 g/mol. The van der Waals surface area contributed by atoms with E-state index in [-0.39, 0.29) is 5.91 Å². The number of carbonyl (C=O) groups excluding carboxylic acids is 1. The predicted molar refractivity (Wildman–Crippen MR) is 87.0 cm³/mol. The van der Waals surface area contributed by atoms with E-state index in [0.717, 1.165) is 5.56 Å². The van der Waals surface area contributed by atoms with Gasteiger partial charge in [0, 0.05) is 10.4 Å². The summed E-state index contributed by atoms with van der Waals surface area (Å²) in [7, 11) is 0. The first kappa shape index (κ1) is 13.8. The number of amides is 1. The zero-order chi connectivity index (χ0) is 14.7. The summed E-state index contributed by atoms with van der Waals surface area (Å²) in [4.78, 5) is 17.2. The van der Waals surface area contributed by atoms with Crippen molar-refractivity contribution in [1.82, 2.24) is 4.98 Å². The second kappa shape index (κ2) is 6.08. The molecule has 0 radical (unpaired) electrons. The molecule has 0 spiro atoms. The van der Waals surface area contributed by atoms with Crippen molar-refractivity contribution in [2.75, 3.05) is 5.32 Å². The van der Waals surface area contributed by atoms with Gasteiger partial charge < -0.3 is 5.32 Å². The minimum absolute atomic E-state index is 0.170. The Hall–Kier alpha value is -2.17. The number of thiophene rings is 1. The molecule has 5 heteroatoms. The van der Waals surface area contributed by atoms with Crippen LogP contribution in [0.5, 0.6) is 0 Å². The minimum atomic E-state index is -0.170. The molecule has 0 saturated carbocycles. The zero-order valence-electron chi connectivity index (χ0n) is 10.9. The fraction of sp³-hybridized carbons (Fsp3) is 0. The summed E-state index contributed by atoms with van der Waals surface area (Å²) in [5.41, 5.74) is 2.33. The third-order valence-corrected chi connectivity index (χ3v) is 4.08. The van der Waals surface area contributed by atoms with E-state index in [0.29, 0.717) is 16.4 Å². The van der Waals surface area contributed by atoms with Crippen LogP contribution in [0.3, 0.4) is 0 Å². The Morgan fingerprint density at radius 1 is 1.10 bits per heavy atom. The lowest BCUT2D eigenvalue weighted by Crippen LogP contribution is -2.11. The molecule has 0 aliphatic carbocycles. The van der Waals surface area contributed by atoms with Gasteiger partial charge in [0.25, 0.3) is 5.91 Å². The molecule has 0 fully saturated rings. The average molecular weight is 315 g/mol. The number of nitrogens with zero attached hydrogens (tertiary/aromatic N) is 1. The van der Waals surface area contributed by atoms with Gasteiger partial charge in [-0.05, 0) is 41.3 Å². The molecule has 1 aromatic carbocycles. The molecule has 3 nitrogen and oxygen atoms in total. The van der Waals surface area contributed by atoms with Crippen molar-refractivity contribution in [2.45, 2.75) is 0 Å². The van der Waals surface area contributed by atoms with E-state index in [1.807, 2.05) is 35.7 Å². The number of hydrogen-bond acceptors (Lipinski definition) is 3. The van der Waals surface area contributed by atoms with E-state index in [1.54, 1.807) is 23.5 Å². The van der Waals surface area contributed by atoms with E-state index >= 15 is 0 Å². The molecule has 3 rings (SSSR count). The van der Waals surface area contributed by atoms with Crippen molar-refractivity contribution in [3.05, 3.63) is 70.8 Å². The number of aromatic nitrogens is 1. The second-order valence-electron chi connectivity index (χ2n) is 4.38. The van der Waals surface area contributed by atoms with Crippen LogP contribution in [0.2, 0.25) is 5.15 Å². The van der Waals surface area contributed by atoms with Crippen LogP contribution in [-0.4, -0.2) is 10.9 Å². The lowest BCUT2D eigenvalue weighted by molar-refractivity contribution is 0.102. The van der Waals surface area contributed by atoms with Crippen LogP contribution < -0.4 is 5.32 Å². The maximum absolute atomic E-state index is 12.1. The molecule has 104 valence electrons. The number of carbonyl (C=O) groups is 1. The summed E-state index contributed by atoms with van der Waals surface area (Å²) in [6.07, 6.45) is 1.53. The van der Waals surface area contributed by atoms with E-state index < -0.39 is 0 Å². The van der Waals surface area contributed by atoms with Gasteiger partial charge in [0.05, 0.1) is 11.9 Å². The van der Waals surface area contributed by atoms with E-state index in [9.17, 15) is 4.79 Å². The van der Waals surface area contributed by atoms with Gasteiger partial charge in [-0.25, -0.2) is 4.98 Å². The Morgan fingerprint density at radius 3 is 2.52 bits per heavy atom. The Morgan fingerprint density at radius 2 is 1.90 bits per heavy atom. The van der Waals surface area contributed by atoms with Gasteiger partial charge in [-0.1, -0.05) is 29.8 Å². The predicted octanol–water partition coefficient (Wildman–Crippen LogP) is 4.72. The van der Waals surface area contributed by atoms with Crippen LogP contribution in [0, 0.1) is 0 Å². The number of benzene rings is 1. The van der Waals surface area contributed by atoms with E-state index in [2.05, 4.69) is 16.4 Å². The first-order valence-electron chi connectivity index (χ1n) is 6.29. The summed E-state index contributed by atoms with van der Waals surface area (Å²) in [6, 6.07) is 14.9. The molecule has 0 aliphatic rings. The molecule has 0 atom stereocenters. The van der Waals surface area contributed by atoms with E-state index in [4.69, 9.17) is 11.6 Å². The molecule has 2 heterocycles. The summed E-state index contributed by atoms with van der Waals surface area (Å²) < 4.78 is 0. The van der Waals surface area contributed by atoms with Gasteiger partial charge >= 0.3 is 0 Å². The third kappa shape index (κ3) is 3.29. The van der Waals surface area contributed by atoms with Crippen molar-refractivity contribution in [3.63, 3.8) is 0 Å². The lowest BCUT2D eigenvalue weighted by Gasteiger charge is -2.05. The van der Waals surface area contributed by atoms with Gasteiger partial charge in [0.1, 0.15) is 5.15 Å². The van der Waals surface area contributed by atoms with Crippen molar-refractivity contribution >= 4 is 34.5 Å². The number of pyridine rings is 1. The maximum Gasteiger partial charge on any atom is 0.255 e. The second-order valence-corrected chi connectivity index (χ2v) is 5.71. The average Bonchev–Trinajstić information content (AvgIpc) is 3.04.